The van der Waals surface area contributed by atoms with Crippen molar-refractivity contribution >= 4 is 11.6 Å². The predicted molar refractivity (Wildman–Crippen MR) is 126 cm³/mol. The van der Waals surface area contributed by atoms with E-state index in [9.17, 15) is 4.79 Å². The zero-order valence-corrected chi connectivity index (χ0v) is 19.2. The number of anilines is 1. The third-order valence-corrected chi connectivity index (χ3v) is 6.49. The number of ether oxygens (including phenoxy) is 3. The Morgan fingerprint density at radius 1 is 1.00 bits per heavy atom. The predicted octanol–water partition coefficient (Wildman–Crippen LogP) is 3.92. The molecule has 6 heteroatoms. The van der Waals surface area contributed by atoms with Crippen molar-refractivity contribution in [1.29, 1.82) is 0 Å². The van der Waals surface area contributed by atoms with E-state index >= 15 is 0 Å². The minimum absolute atomic E-state index is 0.0491. The molecule has 1 aliphatic heterocycles. The molecule has 4 rings (SSSR count). The molecule has 0 N–H and O–H groups in total. The van der Waals surface area contributed by atoms with E-state index in [1.807, 2.05) is 29.2 Å². The van der Waals surface area contributed by atoms with Crippen molar-refractivity contribution in [2.24, 2.45) is 0 Å². The van der Waals surface area contributed by atoms with E-state index in [2.05, 4.69) is 29.2 Å². The van der Waals surface area contributed by atoms with Crippen LogP contribution in [-0.4, -0.2) is 63.4 Å². The first-order chi connectivity index (χ1) is 15.7. The first-order valence-electron chi connectivity index (χ1n) is 11.6. The summed E-state index contributed by atoms with van der Waals surface area (Å²) >= 11 is 0. The van der Waals surface area contributed by atoms with E-state index in [1.54, 1.807) is 14.2 Å². The summed E-state index contributed by atoms with van der Waals surface area (Å²) in [5.74, 6) is 1.64. The number of carbonyl (C=O) groups excluding carboxylic acids is 1. The van der Waals surface area contributed by atoms with Gasteiger partial charge in [0.2, 0.25) is 5.91 Å². The Labute approximate surface area is 191 Å². The van der Waals surface area contributed by atoms with Gasteiger partial charge in [0.05, 0.1) is 19.3 Å². The molecule has 0 bridgehead atoms. The van der Waals surface area contributed by atoms with Crippen LogP contribution in [0.5, 0.6) is 11.5 Å². The summed E-state index contributed by atoms with van der Waals surface area (Å²) in [5, 5.41) is 0. The number of hydrogen-bond acceptors (Lipinski definition) is 5. The van der Waals surface area contributed by atoms with Gasteiger partial charge in [-0.1, -0.05) is 30.3 Å². The van der Waals surface area contributed by atoms with Gasteiger partial charge in [0, 0.05) is 38.5 Å². The molecule has 2 aromatic carbocycles. The summed E-state index contributed by atoms with van der Waals surface area (Å²) in [6.07, 6.45) is 5.75. The number of amides is 1. The van der Waals surface area contributed by atoms with Crippen molar-refractivity contribution in [3.8, 4) is 11.5 Å². The van der Waals surface area contributed by atoms with Crippen LogP contribution < -0.4 is 14.4 Å². The van der Waals surface area contributed by atoms with Crippen LogP contribution in [0.1, 0.15) is 31.2 Å². The number of rotatable bonds is 8. The van der Waals surface area contributed by atoms with E-state index < -0.39 is 0 Å². The SMILES string of the molecule is COCC(=O)N1CCN(c2ccc(OC)c(OC3CCCC3)c2)CC1Cc1ccccc1. The Balaban J connectivity index is 1.53. The number of hydrogen-bond donors (Lipinski definition) is 0. The van der Waals surface area contributed by atoms with Crippen LogP contribution in [0.3, 0.4) is 0 Å². The fourth-order valence-electron chi connectivity index (χ4n) is 4.83. The molecule has 1 amide bonds. The third-order valence-electron chi connectivity index (χ3n) is 6.49. The summed E-state index contributed by atoms with van der Waals surface area (Å²) in [6.45, 7) is 2.33. The van der Waals surface area contributed by atoms with E-state index in [-0.39, 0.29) is 24.7 Å². The summed E-state index contributed by atoms with van der Waals surface area (Å²) in [6, 6.07) is 16.6. The van der Waals surface area contributed by atoms with E-state index in [0.29, 0.717) is 6.54 Å². The van der Waals surface area contributed by atoms with Crippen molar-refractivity contribution < 1.29 is 19.0 Å². The van der Waals surface area contributed by atoms with E-state index in [1.165, 1.54) is 18.4 Å². The van der Waals surface area contributed by atoms with Crippen LogP contribution in [0.25, 0.3) is 0 Å². The zero-order chi connectivity index (χ0) is 22.3. The van der Waals surface area contributed by atoms with Gasteiger partial charge < -0.3 is 24.0 Å². The Kier molecular flexibility index (Phi) is 7.53. The first kappa shape index (κ1) is 22.5. The van der Waals surface area contributed by atoms with Gasteiger partial charge in [-0.25, -0.2) is 0 Å². The fourth-order valence-corrected chi connectivity index (χ4v) is 4.83. The van der Waals surface area contributed by atoms with Crippen LogP contribution in [0, 0.1) is 0 Å². The summed E-state index contributed by atoms with van der Waals surface area (Å²) in [4.78, 5) is 17.0. The molecular weight excluding hydrogens is 404 g/mol. The lowest BCUT2D eigenvalue weighted by molar-refractivity contribution is -0.137. The fraction of sp³-hybridized carbons (Fsp3) is 0.500. The maximum Gasteiger partial charge on any atom is 0.248 e. The number of nitrogens with zero attached hydrogens (tertiary/aromatic N) is 2. The van der Waals surface area contributed by atoms with Gasteiger partial charge in [-0.05, 0) is 49.8 Å². The minimum atomic E-state index is 0.0491. The number of benzene rings is 2. The molecule has 6 nitrogen and oxygen atoms in total. The Morgan fingerprint density at radius 2 is 1.78 bits per heavy atom. The quantitative estimate of drug-likeness (QED) is 0.625. The Morgan fingerprint density at radius 3 is 2.50 bits per heavy atom. The molecule has 1 saturated heterocycles. The average Bonchev–Trinajstić information content (AvgIpc) is 3.33. The van der Waals surface area contributed by atoms with Crippen molar-refractivity contribution in [3.63, 3.8) is 0 Å². The molecule has 32 heavy (non-hydrogen) atoms. The van der Waals surface area contributed by atoms with Crippen molar-refractivity contribution in [2.45, 2.75) is 44.2 Å². The molecule has 1 heterocycles. The second kappa shape index (κ2) is 10.7. The number of carbonyl (C=O) groups is 1. The summed E-state index contributed by atoms with van der Waals surface area (Å²) < 4.78 is 17.0. The standard InChI is InChI=1S/C26H34N2O4/c1-30-19-26(29)28-15-14-27(18-22(28)16-20-8-4-3-5-9-20)21-12-13-24(31-2)25(17-21)32-23-10-6-7-11-23/h3-5,8-9,12-13,17,22-23H,6-7,10-11,14-16,18-19H2,1-2H3. The van der Waals surface area contributed by atoms with Crippen molar-refractivity contribution in [2.75, 3.05) is 45.4 Å². The lowest BCUT2D eigenvalue weighted by atomic mass is 10.0. The van der Waals surface area contributed by atoms with E-state index in [0.717, 1.165) is 49.5 Å². The Hall–Kier alpha value is -2.73. The number of methoxy groups -OCH3 is 2. The minimum Gasteiger partial charge on any atom is -0.493 e. The maximum atomic E-state index is 12.7. The van der Waals surface area contributed by atoms with Crippen LogP contribution in [-0.2, 0) is 16.0 Å². The lowest BCUT2D eigenvalue weighted by Gasteiger charge is -2.42. The Bertz CT molecular complexity index is 883. The molecule has 2 aromatic rings. The maximum absolute atomic E-state index is 12.7. The molecule has 0 radical (unpaired) electrons. The molecule has 1 atom stereocenters. The third kappa shape index (κ3) is 5.36. The highest BCUT2D eigenvalue weighted by Crippen LogP contribution is 2.35. The summed E-state index contributed by atoms with van der Waals surface area (Å²) in [5.41, 5.74) is 2.34. The van der Waals surface area contributed by atoms with Gasteiger partial charge in [-0.3, -0.25) is 4.79 Å². The molecule has 1 aliphatic carbocycles. The van der Waals surface area contributed by atoms with Crippen LogP contribution >= 0.6 is 0 Å². The normalized spacial score (nSPS) is 19.2. The molecular formula is C26H34N2O4. The smallest absolute Gasteiger partial charge is 0.248 e. The van der Waals surface area contributed by atoms with Gasteiger partial charge in [0.1, 0.15) is 6.61 Å². The summed E-state index contributed by atoms with van der Waals surface area (Å²) in [7, 11) is 3.26. The second-order valence-corrected chi connectivity index (χ2v) is 8.67. The lowest BCUT2D eigenvalue weighted by Crippen LogP contribution is -2.57. The molecule has 2 fully saturated rings. The van der Waals surface area contributed by atoms with Gasteiger partial charge in [0.25, 0.3) is 0 Å². The van der Waals surface area contributed by atoms with Crippen LogP contribution in [0.2, 0.25) is 0 Å². The number of piperazine rings is 1. The monoisotopic (exact) mass is 438 g/mol. The van der Waals surface area contributed by atoms with Crippen molar-refractivity contribution in [3.05, 3.63) is 54.1 Å². The van der Waals surface area contributed by atoms with Gasteiger partial charge in [-0.2, -0.15) is 0 Å². The molecule has 1 saturated carbocycles. The average molecular weight is 439 g/mol. The van der Waals surface area contributed by atoms with Crippen LogP contribution in [0.4, 0.5) is 5.69 Å². The highest BCUT2D eigenvalue weighted by Gasteiger charge is 2.31. The van der Waals surface area contributed by atoms with E-state index in [4.69, 9.17) is 14.2 Å². The molecule has 2 aliphatic rings. The zero-order valence-electron chi connectivity index (χ0n) is 19.2. The van der Waals surface area contributed by atoms with Crippen molar-refractivity contribution in [1.82, 2.24) is 4.90 Å². The topological polar surface area (TPSA) is 51.2 Å². The molecule has 1 unspecified atom stereocenters. The molecule has 0 spiro atoms. The molecule has 172 valence electrons. The largest absolute Gasteiger partial charge is 0.493 e. The second-order valence-electron chi connectivity index (χ2n) is 8.67. The highest BCUT2D eigenvalue weighted by atomic mass is 16.5. The first-order valence-corrected chi connectivity index (χ1v) is 11.6. The van der Waals surface area contributed by atoms with Gasteiger partial charge >= 0.3 is 0 Å². The van der Waals surface area contributed by atoms with Gasteiger partial charge in [0.15, 0.2) is 11.5 Å². The molecule has 0 aromatic heterocycles. The highest BCUT2D eigenvalue weighted by molar-refractivity contribution is 5.78. The van der Waals surface area contributed by atoms with Crippen LogP contribution in [0.15, 0.2) is 48.5 Å². The van der Waals surface area contributed by atoms with Gasteiger partial charge in [-0.15, -0.1) is 0 Å².